The summed E-state index contributed by atoms with van der Waals surface area (Å²) in [6, 6.07) is 7.63. The number of nitrogens with two attached hydrogens (primary N) is 1. The molecule has 172 valence electrons. The molecule has 5 N–H and O–H groups in total. The number of anilines is 1. The zero-order valence-electron chi connectivity index (χ0n) is 16.1. The van der Waals surface area contributed by atoms with E-state index in [4.69, 9.17) is 9.88 Å². The molecule has 3 heterocycles. The summed E-state index contributed by atoms with van der Waals surface area (Å²) in [6.07, 6.45) is -3.15. The van der Waals surface area contributed by atoms with Crippen LogP contribution in [0.3, 0.4) is 0 Å². The Morgan fingerprint density at radius 3 is 2.50 bits per heavy atom. The van der Waals surface area contributed by atoms with Crippen molar-refractivity contribution in [2.24, 2.45) is 5.14 Å². The quantitative estimate of drug-likeness (QED) is 0.301. The maximum Gasteiger partial charge on any atom is 0.333 e. The first-order chi connectivity index (χ1) is 15.1. The van der Waals surface area contributed by atoms with E-state index in [1.165, 1.54) is 23.0 Å². The van der Waals surface area contributed by atoms with E-state index >= 15 is 0 Å². The second-order valence-corrected chi connectivity index (χ2v) is 9.69. The van der Waals surface area contributed by atoms with E-state index in [2.05, 4.69) is 23.9 Å². The number of imidazole rings is 1. The molecule has 1 saturated heterocycles. The van der Waals surface area contributed by atoms with Gasteiger partial charge in [-0.1, -0.05) is 18.2 Å². The number of nitrogens with zero attached hydrogens (tertiary/aromatic N) is 4. The van der Waals surface area contributed by atoms with Crippen molar-refractivity contribution in [3.8, 4) is 0 Å². The van der Waals surface area contributed by atoms with Gasteiger partial charge in [0, 0.05) is 0 Å². The molecule has 14 nitrogen and oxygen atoms in total. The monoisotopic (exact) mass is 486 g/mol. The van der Waals surface area contributed by atoms with Crippen molar-refractivity contribution in [1.29, 1.82) is 0 Å². The molecule has 1 aliphatic heterocycles. The molecular weight excluding hydrogens is 468 g/mol. The van der Waals surface area contributed by atoms with Crippen LogP contribution in [0, 0.1) is 0 Å². The van der Waals surface area contributed by atoms with Gasteiger partial charge in [0.15, 0.2) is 23.2 Å². The second-order valence-electron chi connectivity index (χ2n) is 6.79. The molecule has 32 heavy (non-hydrogen) atoms. The highest BCUT2D eigenvalue weighted by Crippen LogP contribution is 2.32. The highest BCUT2D eigenvalue weighted by atomic mass is 32.2. The standard InChI is InChI=1S/C16H18N6O8S2/c17-32(27,28)29-6-10-12(23)13(24)16(30-10)22-8-20-11-14(18-7-19-15(11)22)21-31(25,26)9-4-2-1-3-5-9/h1-5,7-8,10,12-13,16,23-24H,6H2,(H2,17,27,28)(H,18,19,21)/t10-,12-,13-,16-/m1/s1. The predicted octanol–water partition coefficient (Wildman–Crippen LogP) is -1.53. The van der Waals surface area contributed by atoms with Crippen molar-refractivity contribution in [3.05, 3.63) is 43.0 Å². The summed E-state index contributed by atoms with van der Waals surface area (Å²) in [4.78, 5) is 12.1. The molecule has 0 aliphatic carbocycles. The van der Waals surface area contributed by atoms with Gasteiger partial charge in [0.25, 0.3) is 10.0 Å². The van der Waals surface area contributed by atoms with E-state index in [0.717, 1.165) is 6.33 Å². The number of hydrogen-bond donors (Lipinski definition) is 4. The number of hydrogen-bond acceptors (Lipinski definition) is 11. The highest BCUT2D eigenvalue weighted by Gasteiger charge is 2.45. The Bertz CT molecular complexity index is 1330. The molecule has 3 aromatic rings. The van der Waals surface area contributed by atoms with Crippen molar-refractivity contribution >= 4 is 37.3 Å². The summed E-state index contributed by atoms with van der Waals surface area (Å²) in [6.45, 7) is -0.628. The van der Waals surface area contributed by atoms with E-state index in [-0.39, 0.29) is 21.9 Å². The minimum absolute atomic E-state index is 0.0153. The number of nitrogens with one attached hydrogen (secondary N) is 1. The van der Waals surface area contributed by atoms with Gasteiger partial charge in [0.2, 0.25) is 0 Å². The van der Waals surface area contributed by atoms with Crippen molar-refractivity contribution < 1.29 is 36.0 Å². The summed E-state index contributed by atoms with van der Waals surface area (Å²) in [5, 5.41) is 25.3. The molecule has 0 bridgehead atoms. The number of ether oxygens (including phenoxy) is 1. The number of fused-ring (bicyclic) bond motifs is 1. The van der Waals surface area contributed by atoms with Gasteiger partial charge in [-0.15, -0.1) is 0 Å². The fourth-order valence-corrected chi connectivity index (χ4v) is 4.52. The lowest BCUT2D eigenvalue weighted by atomic mass is 10.1. The molecule has 0 amide bonds. The zero-order chi connectivity index (χ0) is 23.1. The summed E-state index contributed by atoms with van der Waals surface area (Å²) in [5.41, 5.74) is 0.150. The van der Waals surface area contributed by atoms with E-state index in [1.54, 1.807) is 18.2 Å². The first-order valence-corrected chi connectivity index (χ1v) is 12.0. The lowest BCUT2D eigenvalue weighted by Gasteiger charge is -2.16. The molecular formula is C16H18N6O8S2. The minimum atomic E-state index is -4.28. The lowest BCUT2D eigenvalue weighted by Crippen LogP contribution is -2.35. The summed E-state index contributed by atoms with van der Waals surface area (Å²) in [7, 11) is -8.24. The number of sulfonamides is 1. The number of aliphatic hydroxyl groups excluding tert-OH is 2. The Hall–Kier alpha value is -2.73. The number of aliphatic hydroxyl groups is 2. The van der Waals surface area contributed by atoms with Crippen LogP contribution in [0.2, 0.25) is 0 Å². The maximum atomic E-state index is 12.6. The molecule has 1 aromatic carbocycles. The molecule has 0 saturated carbocycles. The predicted molar refractivity (Wildman–Crippen MR) is 108 cm³/mol. The Morgan fingerprint density at radius 2 is 1.81 bits per heavy atom. The topological polar surface area (TPSA) is 209 Å². The first kappa shape index (κ1) is 22.5. The van der Waals surface area contributed by atoms with E-state index < -0.39 is 51.5 Å². The Labute approximate surface area is 182 Å². The fourth-order valence-electron chi connectivity index (χ4n) is 3.16. The third-order valence-electron chi connectivity index (χ3n) is 4.65. The second kappa shape index (κ2) is 8.32. The van der Waals surface area contributed by atoms with E-state index in [9.17, 15) is 27.0 Å². The molecule has 4 rings (SSSR count). The molecule has 4 atom stereocenters. The van der Waals surface area contributed by atoms with E-state index in [1.807, 2.05) is 0 Å². The summed E-state index contributed by atoms with van der Waals surface area (Å²) >= 11 is 0. The summed E-state index contributed by atoms with van der Waals surface area (Å²) < 4.78 is 60.8. The molecule has 0 radical (unpaired) electrons. The van der Waals surface area contributed by atoms with Crippen LogP contribution in [0.5, 0.6) is 0 Å². The Morgan fingerprint density at radius 1 is 1.09 bits per heavy atom. The molecule has 0 spiro atoms. The summed E-state index contributed by atoms with van der Waals surface area (Å²) in [5.74, 6) is -0.111. The van der Waals surface area contributed by atoms with Crippen LogP contribution >= 0.6 is 0 Å². The van der Waals surface area contributed by atoms with Crippen LogP contribution < -0.4 is 9.86 Å². The fraction of sp³-hybridized carbons (Fsp3) is 0.312. The average Bonchev–Trinajstić information content (AvgIpc) is 3.29. The van der Waals surface area contributed by atoms with Crippen LogP contribution in [-0.4, -0.2) is 71.5 Å². The lowest BCUT2D eigenvalue weighted by molar-refractivity contribution is -0.0467. The van der Waals surface area contributed by atoms with Gasteiger partial charge in [-0.25, -0.2) is 28.5 Å². The van der Waals surface area contributed by atoms with Crippen molar-refractivity contribution in [3.63, 3.8) is 0 Å². The van der Waals surface area contributed by atoms with Crippen LogP contribution in [0.15, 0.2) is 47.9 Å². The van der Waals surface area contributed by atoms with Crippen molar-refractivity contribution in [2.45, 2.75) is 29.4 Å². The minimum Gasteiger partial charge on any atom is -0.387 e. The third-order valence-corrected chi connectivity index (χ3v) is 6.47. The van der Waals surface area contributed by atoms with Gasteiger partial charge in [0.05, 0.1) is 17.8 Å². The SMILES string of the molecule is NS(=O)(=O)OC[C@H]1O[C@@H](n2cnc3c(NS(=O)(=O)c4ccccc4)ncnc32)[C@H](O)[C@@H]1O. The van der Waals surface area contributed by atoms with Crippen LogP contribution in [0.4, 0.5) is 5.82 Å². The number of rotatable bonds is 7. The number of aromatic nitrogens is 4. The Balaban J connectivity index is 1.62. The van der Waals surface area contributed by atoms with Gasteiger partial charge in [-0.2, -0.15) is 8.42 Å². The average molecular weight is 486 g/mol. The molecule has 1 fully saturated rings. The molecule has 2 aromatic heterocycles. The molecule has 0 unspecified atom stereocenters. The van der Waals surface area contributed by atoms with Gasteiger partial charge in [0.1, 0.15) is 24.6 Å². The first-order valence-electron chi connectivity index (χ1n) is 9.01. The van der Waals surface area contributed by atoms with Gasteiger partial charge >= 0.3 is 10.3 Å². The molecule has 1 aliphatic rings. The van der Waals surface area contributed by atoms with Gasteiger partial charge in [-0.05, 0) is 12.1 Å². The van der Waals surface area contributed by atoms with Gasteiger partial charge in [-0.3, -0.25) is 13.5 Å². The maximum absolute atomic E-state index is 12.6. The van der Waals surface area contributed by atoms with Gasteiger partial charge < -0.3 is 14.9 Å². The third kappa shape index (κ3) is 4.42. The van der Waals surface area contributed by atoms with E-state index in [0.29, 0.717) is 0 Å². The number of benzene rings is 1. The zero-order valence-corrected chi connectivity index (χ0v) is 17.7. The van der Waals surface area contributed by atoms with Crippen LogP contribution in [-0.2, 0) is 29.2 Å². The normalized spacial score (nSPS) is 24.1. The smallest absolute Gasteiger partial charge is 0.333 e. The van der Waals surface area contributed by atoms with Crippen LogP contribution in [0.25, 0.3) is 11.2 Å². The largest absolute Gasteiger partial charge is 0.387 e. The van der Waals surface area contributed by atoms with Crippen LogP contribution in [0.1, 0.15) is 6.23 Å². The Kier molecular flexibility index (Phi) is 5.84. The van der Waals surface area contributed by atoms with Crippen molar-refractivity contribution in [1.82, 2.24) is 19.5 Å². The highest BCUT2D eigenvalue weighted by molar-refractivity contribution is 7.92. The molecule has 16 heteroatoms. The van der Waals surface area contributed by atoms with Crippen molar-refractivity contribution in [2.75, 3.05) is 11.3 Å².